The second-order valence-electron chi connectivity index (χ2n) is 3.48. The summed E-state index contributed by atoms with van der Waals surface area (Å²) in [5.41, 5.74) is -0.514. The van der Waals surface area contributed by atoms with Crippen LogP contribution in [0.1, 0.15) is 16.2 Å². The number of hydrogen-bond donors (Lipinski definition) is 0. The first-order chi connectivity index (χ1) is 8.91. The first-order valence-electron chi connectivity index (χ1n) is 5.01. The van der Waals surface area contributed by atoms with Gasteiger partial charge in [0, 0.05) is 5.56 Å². The molecule has 0 spiro atoms. The Hall–Kier alpha value is -2.38. The fourth-order valence-electron chi connectivity index (χ4n) is 1.31. The monoisotopic (exact) mass is 272 g/mol. The Kier molecular flexibility index (Phi) is 3.24. The third kappa shape index (κ3) is 2.72. The summed E-state index contributed by atoms with van der Waals surface area (Å²) in [5, 5.41) is 6.97. The summed E-state index contributed by atoms with van der Waals surface area (Å²) in [4.78, 5) is 11.1. The van der Waals surface area contributed by atoms with Crippen molar-refractivity contribution in [3.63, 3.8) is 0 Å². The van der Waals surface area contributed by atoms with Gasteiger partial charge in [-0.3, -0.25) is 0 Å². The van der Waals surface area contributed by atoms with Crippen LogP contribution >= 0.6 is 0 Å². The highest BCUT2D eigenvalue weighted by molar-refractivity contribution is 5.84. The van der Waals surface area contributed by atoms with Crippen molar-refractivity contribution in [1.29, 1.82) is 0 Å². The number of rotatable bonds is 2. The molecule has 1 aromatic heterocycles. The number of methoxy groups -OCH3 is 1. The Morgan fingerprint density at radius 3 is 2.37 bits per heavy atom. The van der Waals surface area contributed by atoms with Crippen LogP contribution in [0.5, 0.6) is 0 Å². The second-order valence-corrected chi connectivity index (χ2v) is 3.48. The van der Waals surface area contributed by atoms with Gasteiger partial charge in [-0.05, 0) is 24.3 Å². The Morgan fingerprint density at radius 1 is 1.21 bits per heavy atom. The zero-order valence-corrected chi connectivity index (χ0v) is 9.56. The number of ether oxygens (including phenoxy) is 1. The van der Waals surface area contributed by atoms with Crippen molar-refractivity contribution in [2.24, 2.45) is 0 Å². The van der Waals surface area contributed by atoms with Gasteiger partial charge < -0.3 is 9.15 Å². The molecule has 1 aromatic carbocycles. The van der Waals surface area contributed by atoms with Gasteiger partial charge in [-0.25, -0.2) is 4.79 Å². The largest absolute Gasteiger partial charge is 0.462 e. The maximum atomic E-state index is 12.4. The van der Waals surface area contributed by atoms with Gasteiger partial charge in [0.1, 0.15) is 0 Å². The number of carbonyl (C=O) groups excluding carboxylic acids is 1. The molecule has 2 rings (SSSR count). The smallest absolute Gasteiger partial charge is 0.416 e. The molecule has 0 aliphatic heterocycles. The molecule has 19 heavy (non-hydrogen) atoms. The summed E-state index contributed by atoms with van der Waals surface area (Å²) in [6.45, 7) is 0. The van der Waals surface area contributed by atoms with Gasteiger partial charge in [0.2, 0.25) is 5.89 Å². The third-order valence-electron chi connectivity index (χ3n) is 2.24. The summed E-state index contributed by atoms with van der Waals surface area (Å²) < 4.78 is 46.4. The predicted octanol–water partition coefficient (Wildman–Crippen LogP) is 2.54. The molecule has 1 heterocycles. The SMILES string of the molecule is COC(=O)c1nnc(-c2ccc(C(F)(F)F)cc2)o1. The zero-order valence-electron chi connectivity index (χ0n) is 9.56. The summed E-state index contributed by atoms with van der Waals surface area (Å²) in [6, 6.07) is 4.13. The van der Waals surface area contributed by atoms with Crippen LogP contribution in [0.15, 0.2) is 28.7 Å². The van der Waals surface area contributed by atoms with Crippen molar-refractivity contribution in [1.82, 2.24) is 10.2 Å². The number of benzene rings is 1. The minimum absolute atomic E-state index is 0.0610. The lowest BCUT2D eigenvalue weighted by molar-refractivity contribution is -0.137. The van der Waals surface area contributed by atoms with E-state index >= 15 is 0 Å². The fraction of sp³-hybridized carbons (Fsp3) is 0.182. The van der Waals surface area contributed by atoms with Crippen molar-refractivity contribution in [2.45, 2.75) is 6.18 Å². The topological polar surface area (TPSA) is 65.2 Å². The van der Waals surface area contributed by atoms with E-state index in [9.17, 15) is 18.0 Å². The van der Waals surface area contributed by atoms with Crippen LogP contribution in [0.2, 0.25) is 0 Å². The van der Waals surface area contributed by atoms with Gasteiger partial charge in [-0.15, -0.1) is 10.2 Å². The lowest BCUT2D eigenvalue weighted by Crippen LogP contribution is -2.03. The molecule has 0 amide bonds. The lowest BCUT2D eigenvalue weighted by Gasteiger charge is -2.05. The number of nitrogens with zero attached hydrogens (tertiary/aromatic N) is 2. The van der Waals surface area contributed by atoms with E-state index in [1.54, 1.807) is 0 Å². The zero-order chi connectivity index (χ0) is 14.0. The Labute approximate surface area is 105 Å². The Bertz CT molecular complexity index is 590. The lowest BCUT2D eigenvalue weighted by atomic mass is 10.1. The molecular formula is C11H7F3N2O3. The summed E-state index contributed by atoms with van der Waals surface area (Å²) in [5.74, 6) is -1.24. The van der Waals surface area contributed by atoms with E-state index in [0.717, 1.165) is 19.2 Å². The average molecular weight is 272 g/mol. The second kappa shape index (κ2) is 4.71. The number of alkyl halides is 3. The van der Waals surface area contributed by atoms with E-state index in [0.29, 0.717) is 0 Å². The molecule has 0 unspecified atom stereocenters. The highest BCUT2D eigenvalue weighted by Crippen LogP contribution is 2.30. The van der Waals surface area contributed by atoms with E-state index in [1.165, 1.54) is 12.1 Å². The number of aromatic nitrogens is 2. The first kappa shape index (κ1) is 13.1. The molecule has 0 N–H and O–H groups in total. The Balaban J connectivity index is 2.28. The molecule has 0 saturated heterocycles. The van der Waals surface area contributed by atoms with Gasteiger partial charge in [0.05, 0.1) is 12.7 Å². The van der Waals surface area contributed by atoms with E-state index < -0.39 is 17.7 Å². The van der Waals surface area contributed by atoms with E-state index in [4.69, 9.17) is 4.42 Å². The van der Waals surface area contributed by atoms with Crippen molar-refractivity contribution in [3.05, 3.63) is 35.7 Å². The van der Waals surface area contributed by atoms with Gasteiger partial charge in [0.25, 0.3) is 0 Å². The number of hydrogen-bond acceptors (Lipinski definition) is 5. The third-order valence-corrected chi connectivity index (χ3v) is 2.24. The van der Waals surface area contributed by atoms with E-state index in [1.807, 2.05) is 0 Å². The quantitative estimate of drug-likeness (QED) is 0.786. The molecule has 0 saturated carbocycles. The summed E-state index contributed by atoms with van der Waals surface area (Å²) in [7, 11) is 1.14. The van der Waals surface area contributed by atoms with Crippen LogP contribution in [0.3, 0.4) is 0 Å². The van der Waals surface area contributed by atoms with Crippen LogP contribution in [-0.4, -0.2) is 23.3 Å². The van der Waals surface area contributed by atoms with Crippen molar-refractivity contribution >= 4 is 5.97 Å². The first-order valence-corrected chi connectivity index (χ1v) is 5.01. The molecule has 8 heteroatoms. The highest BCUT2D eigenvalue weighted by Gasteiger charge is 2.30. The molecule has 100 valence electrons. The summed E-state index contributed by atoms with van der Waals surface area (Å²) in [6.07, 6.45) is -4.41. The van der Waals surface area contributed by atoms with Crippen molar-refractivity contribution < 1.29 is 27.1 Å². The molecule has 0 bridgehead atoms. The van der Waals surface area contributed by atoms with Crippen LogP contribution in [0.25, 0.3) is 11.5 Å². The number of esters is 1. The van der Waals surface area contributed by atoms with Gasteiger partial charge >= 0.3 is 18.0 Å². The van der Waals surface area contributed by atoms with Gasteiger partial charge in [0.15, 0.2) is 0 Å². The van der Waals surface area contributed by atoms with Crippen molar-refractivity contribution in [2.75, 3.05) is 7.11 Å². The van der Waals surface area contributed by atoms with Gasteiger partial charge in [-0.1, -0.05) is 0 Å². The van der Waals surface area contributed by atoms with Crippen LogP contribution in [0, 0.1) is 0 Å². The normalized spacial score (nSPS) is 11.4. The van der Waals surface area contributed by atoms with Crippen molar-refractivity contribution in [3.8, 4) is 11.5 Å². The minimum atomic E-state index is -4.41. The number of halogens is 3. The van der Waals surface area contributed by atoms with Crippen LogP contribution in [-0.2, 0) is 10.9 Å². The van der Waals surface area contributed by atoms with Crippen LogP contribution in [0.4, 0.5) is 13.2 Å². The molecule has 0 aliphatic carbocycles. The molecule has 0 atom stereocenters. The van der Waals surface area contributed by atoms with Crippen LogP contribution < -0.4 is 0 Å². The average Bonchev–Trinajstić information content (AvgIpc) is 2.86. The molecule has 2 aromatic rings. The molecule has 0 radical (unpaired) electrons. The highest BCUT2D eigenvalue weighted by atomic mass is 19.4. The standard InChI is InChI=1S/C11H7F3N2O3/c1-18-10(17)9-16-15-8(19-9)6-2-4-7(5-3-6)11(12,13)14/h2-5H,1H3. The maximum Gasteiger partial charge on any atom is 0.416 e. The van der Waals surface area contributed by atoms with E-state index in [-0.39, 0.29) is 17.3 Å². The van der Waals surface area contributed by atoms with Gasteiger partial charge in [-0.2, -0.15) is 13.2 Å². The van der Waals surface area contributed by atoms with E-state index in [2.05, 4.69) is 14.9 Å². The summed E-state index contributed by atoms with van der Waals surface area (Å²) >= 11 is 0. The molecule has 0 fully saturated rings. The predicted molar refractivity (Wildman–Crippen MR) is 56.1 cm³/mol. The maximum absolute atomic E-state index is 12.4. The minimum Gasteiger partial charge on any atom is -0.462 e. The number of carbonyl (C=O) groups is 1. The fourth-order valence-corrected chi connectivity index (χ4v) is 1.31. The molecule has 0 aliphatic rings. The Morgan fingerprint density at radius 2 is 1.84 bits per heavy atom. The molecular weight excluding hydrogens is 265 g/mol. The molecule has 5 nitrogen and oxygen atoms in total.